The van der Waals surface area contributed by atoms with Crippen LogP contribution in [0.4, 0.5) is 5.69 Å². The van der Waals surface area contributed by atoms with Crippen molar-refractivity contribution < 1.29 is 9.90 Å². The van der Waals surface area contributed by atoms with Crippen LogP contribution in [0.1, 0.15) is 32.3 Å². The minimum Gasteiger partial charge on any atom is -0.508 e. The maximum absolute atomic E-state index is 11.7. The van der Waals surface area contributed by atoms with Crippen LogP contribution in [-0.2, 0) is 4.79 Å². The van der Waals surface area contributed by atoms with Crippen LogP contribution in [0.5, 0.6) is 5.75 Å². The van der Waals surface area contributed by atoms with Crippen molar-refractivity contribution in [2.45, 2.75) is 33.6 Å². The summed E-state index contributed by atoms with van der Waals surface area (Å²) >= 11 is 0. The van der Waals surface area contributed by atoms with E-state index in [1.807, 2.05) is 13.8 Å². The van der Waals surface area contributed by atoms with Gasteiger partial charge >= 0.3 is 0 Å². The predicted molar refractivity (Wildman–Crippen MR) is 65.5 cm³/mol. The van der Waals surface area contributed by atoms with Gasteiger partial charge in [-0.15, -0.1) is 0 Å². The highest BCUT2D eigenvalue weighted by atomic mass is 16.3. The van der Waals surface area contributed by atoms with Gasteiger partial charge < -0.3 is 10.4 Å². The summed E-state index contributed by atoms with van der Waals surface area (Å²) in [6.45, 7) is 5.79. The number of carbonyl (C=O) groups is 1. The van der Waals surface area contributed by atoms with E-state index < -0.39 is 0 Å². The van der Waals surface area contributed by atoms with E-state index in [9.17, 15) is 9.90 Å². The molecular formula is C13H19NO2. The van der Waals surface area contributed by atoms with Crippen molar-refractivity contribution in [3.05, 3.63) is 23.8 Å². The molecule has 0 spiro atoms. The molecule has 0 aromatic heterocycles. The third-order valence-corrected chi connectivity index (χ3v) is 2.65. The van der Waals surface area contributed by atoms with E-state index in [0.717, 1.165) is 18.4 Å². The van der Waals surface area contributed by atoms with Crippen molar-refractivity contribution in [1.82, 2.24) is 0 Å². The number of carbonyl (C=O) groups excluding carboxylic acids is 1. The lowest BCUT2D eigenvalue weighted by atomic mass is 10.1. The number of hydrogen-bond donors (Lipinski definition) is 2. The summed E-state index contributed by atoms with van der Waals surface area (Å²) < 4.78 is 0. The van der Waals surface area contributed by atoms with E-state index >= 15 is 0 Å². The van der Waals surface area contributed by atoms with Gasteiger partial charge in [0.05, 0.1) is 0 Å². The van der Waals surface area contributed by atoms with Gasteiger partial charge in [-0.1, -0.05) is 26.3 Å². The van der Waals surface area contributed by atoms with Gasteiger partial charge in [0.2, 0.25) is 5.91 Å². The molecule has 1 rings (SSSR count). The largest absolute Gasteiger partial charge is 0.508 e. The summed E-state index contributed by atoms with van der Waals surface area (Å²) in [5.41, 5.74) is 1.45. The van der Waals surface area contributed by atoms with Crippen LogP contribution in [0.15, 0.2) is 18.2 Å². The standard InChI is InChI=1S/C13H19NO2/c1-4-5-10(3)13(16)14-11-7-6-9(2)12(15)8-11/h6-8,10,15H,4-5H2,1-3H3,(H,14,16). The van der Waals surface area contributed by atoms with Crippen LogP contribution in [0.3, 0.4) is 0 Å². The number of anilines is 1. The fraction of sp³-hybridized carbons (Fsp3) is 0.462. The number of nitrogens with one attached hydrogen (secondary N) is 1. The molecule has 0 heterocycles. The van der Waals surface area contributed by atoms with Crippen molar-refractivity contribution in [3.63, 3.8) is 0 Å². The summed E-state index contributed by atoms with van der Waals surface area (Å²) in [6.07, 6.45) is 1.87. The molecule has 3 heteroatoms. The van der Waals surface area contributed by atoms with Gasteiger partial charge in [0, 0.05) is 17.7 Å². The number of phenols is 1. The van der Waals surface area contributed by atoms with Crippen molar-refractivity contribution in [1.29, 1.82) is 0 Å². The molecule has 1 aromatic rings. The fourth-order valence-electron chi connectivity index (χ4n) is 1.52. The highest BCUT2D eigenvalue weighted by Crippen LogP contribution is 2.21. The Morgan fingerprint density at radius 2 is 2.19 bits per heavy atom. The summed E-state index contributed by atoms with van der Waals surface area (Å²) in [6, 6.07) is 5.16. The van der Waals surface area contributed by atoms with E-state index in [2.05, 4.69) is 12.2 Å². The molecule has 2 N–H and O–H groups in total. The SMILES string of the molecule is CCCC(C)C(=O)Nc1ccc(C)c(O)c1. The molecule has 1 amide bonds. The Morgan fingerprint density at radius 3 is 2.75 bits per heavy atom. The quantitative estimate of drug-likeness (QED) is 0.820. The second-order valence-electron chi connectivity index (χ2n) is 4.18. The van der Waals surface area contributed by atoms with Crippen LogP contribution in [-0.4, -0.2) is 11.0 Å². The zero-order chi connectivity index (χ0) is 12.1. The molecule has 88 valence electrons. The summed E-state index contributed by atoms with van der Waals surface area (Å²) in [4.78, 5) is 11.7. The Balaban J connectivity index is 2.66. The lowest BCUT2D eigenvalue weighted by Crippen LogP contribution is -2.20. The van der Waals surface area contributed by atoms with Crippen molar-refractivity contribution in [3.8, 4) is 5.75 Å². The predicted octanol–water partition coefficient (Wildman–Crippen LogP) is 3.08. The third-order valence-electron chi connectivity index (χ3n) is 2.65. The summed E-state index contributed by atoms with van der Waals surface area (Å²) in [5.74, 6) is 0.222. The average molecular weight is 221 g/mol. The maximum Gasteiger partial charge on any atom is 0.227 e. The van der Waals surface area contributed by atoms with Crippen LogP contribution >= 0.6 is 0 Å². The maximum atomic E-state index is 11.7. The summed E-state index contributed by atoms with van der Waals surface area (Å²) in [7, 11) is 0. The van der Waals surface area contributed by atoms with Crippen molar-refractivity contribution in [2.24, 2.45) is 5.92 Å². The van der Waals surface area contributed by atoms with E-state index in [4.69, 9.17) is 0 Å². The minimum absolute atomic E-state index is 0.00473. The molecule has 3 nitrogen and oxygen atoms in total. The van der Waals surface area contributed by atoms with E-state index in [-0.39, 0.29) is 17.6 Å². The van der Waals surface area contributed by atoms with Gasteiger partial charge in [0.1, 0.15) is 5.75 Å². The second-order valence-corrected chi connectivity index (χ2v) is 4.18. The van der Waals surface area contributed by atoms with Gasteiger partial charge in [-0.3, -0.25) is 4.79 Å². The molecular weight excluding hydrogens is 202 g/mol. The van der Waals surface area contributed by atoms with Crippen LogP contribution in [0.2, 0.25) is 0 Å². The normalized spacial score (nSPS) is 12.2. The number of benzene rings is 1. The molecule has 1 unspecified atom stereocenters. The second kappa shape index (κ2) is 5.54. The first-order chi connectivity index (χ1) is 7.54. The molecule has 0 aliphatic heterocycles. The molecule has 1 atom stereocenters. The summed E-state index contributed by atoms with van der Waals surface area (Å²) in [5, 5.41) is 12.3. The minimum atomic E-state index is 0.00473. The Labute approximate surface area is 96.5 Å². The first-order valence-corrected chi connectivity index (χ1v) is 5.65. The van der Waals surface area contributed by atoms with Gasteiger partial charge in [-0.2, -0.15) is 0 Å². The highest BCUT2D eigenvalue weighted by Gasteiger charge is 2.12. The number of aryl methyl sites for hydroxylation is 1. The third kappa shape index (κ3) is 3.26. The molecule has 16 heavy (non-hydrogen) atoms. The topological polar surface area (TPSA) is 49.3 Å². The zero-order valence-corrected chi connectivity index (χ0v) is 10.1. The Hall–Kier alpha value is -1.51. The first-order valence-electron chi connectivity index (χ1n) is 5.65. The number of hydrogen-bond acceptors (Lipinski definition) is 2. The Kier molecular flexibility index (Phi) is 4.35. The van der Waals surface area contributed by atoms with Crippen LogP contribution in [0.25, 0.3) is 0 Å². The number of phenolic OH excluding ortho intramolecular Hbond substituents is 1. The van der Waals surface area contributed by atoms with Gasteiger partial charge in [-0.25, -0.2) is 0 Å². The molecule has 0 saturated carbocycles. The monoisotopic (exact) mass is 221 g/mol. The lowest BCUT2D eigenvalue weighted by molar-refractivity contribution is -0.119. The van der Waals surface area contributed by atoms with Gasteiger partial charge in [0.25, 0.3) is 0 Å². The Morgan fingerprint density at radius 1 is 1.50 bits per heavy atom. The molecule has 1 aromatic carbocycles. The van der Waals surface area contributed by atoms with E-state index in [1.165, 1.54) is 0 Å². The number of rotatable bonds is 4. The zero-order valence-electron chi connectivity index (χ0n) is 10.1. The molecule has 0 aliphatic carbocycles. The molecule has 0 fully saturated rings. The average Bonchev–Trinajstić information content (AvgIpc) is 2.24. The first kappa shape index (κ1) is 12.6. The smallest absolute Gasteiger partial charge is 0.227 e. The molecule has 0 bridgehead atoms. The van der Waals surface area contributed by atoms with E-state index in [0.29, 0.717) is 5.69 Å². The van der Waals surface area contributed by atoms with Crippen LogP contribution in [0, 0.1) is 12.8 Å². The van der Waals surface area contributed by atoms with E-state index in [1.54, 1.807) is 18.2 Å². The van der Waals surface area contributed by atoms with Crippen molar-refractivity contribution >= 4 is 11.6 Å². The fourth-order valence-corrected chi connectivity index (χ4v) is 1.52. The number of amides is 1. The Bertz CT molecular complexity index is 374. The molecule has 0 saturated heterocycles. The lowest BCUT2D eigenvalue weighted by Gasteiger charge is -2.11. The highest BCUT2D eigenvalue weighted by molar-refractivity contribution is 5.92. The molecule has 0 radical (unpaired) electrons. The van der Waals surface area contributed by atoms with Crippen LogP contribution < -0.4 is 5.32 Å². The van der Waals surface area contributed by atoms with Gasteiger partial charge in [-0.05, 0) is 25.0 Å². The van der Waals surface area contributed by atoms with Gasteiger partial charge in [0.15, 0.2) is 0 Å². The number of aromatic hydroxyl groups is 1. The van der Waals surface area contributed by atoms with Crippen molar-refractivity contribution in [2.75, 3.05) is 5.32 Å². The molecule has 0 aliphatic rings.